The van der Waals surface area contributed by atoms with Gasteiger partial charge in [-0.3, -0.25) is 4.79 Å². The molecule has 0 aromatic heterocycles. The second-order valence-corrected chi connectivity index (χ2v) is 41.5. The van der Waals surface area contributed by atoms with E-state index < -0.39 is 55.4 Å². The van der Waals surface area contributed by atoms with E-state index in [1.54, 1.807) is 23.5 Å². The molecule has 0 aliphatic rings. The number of carbonyl (C=O) groups is 1. The molecule has 0 amide bonds. The van der Waals surface area contributed by atoms with Crippen molar-refractivity contribution in [3.05, 3.63) is 42.0 Å². The van der Waals surface area contributed by atoms with Gasteiger partial charge in [-0.15, -0.1) is 23.5 Å². The highest BCUT2D eigenvalue weighted by molar-refractivity contribution is 7.99. The molecule has 0 fully saturated rings. The molecule has 18 nitrogen and oxygen atoms in total. The molecule has 2 aromatic carbocycles. The number of nitrogens with one attached hydrogen (secondary N) is 4. The van der Waals surface area contributed by atoms with E-state index >= 15 is 0 Å². The first-order valence-electron chi connectivity index (χ1n) is 27.5. The van der Waals surface area contributed by atoms with Crippen LogP contribution >= 0.6 is 23.5 Å². The number of hydrogen-bond donors (Lipinski definition) is 8. The van der Waals surface area contributed by atoms with Crippen molar-refractivity contribution in [2.75, 3.05) is 110 Å². The highest BCUT2D eigenvalue weighted by Crippen LogP contribution is 2.38. The number of benzene rings is 2. The van der Waals surface area contributed by atoms with Gasteiger partial charge in [-0.2, -0.15) is 0 Å². The number of ether oxygens (including phenoxy) is 5. The van der Waals surface area contributed by atoms with Crippen molar-refractivity contribution < 1.29 is 55.2 Å². The van der Waals surface area contributed by atoms with Gasteiger partial charge in [0.25, 0.3) is 0 Å². The number of likely N-dealkylation sites (N-methyl/N-ethyl adjacent to an activating group) is 1. The molecule has 0 spiro atoms. The van der Waals surface area contributed by atoms with Gasteiger partial charge in [0.2, 0.25) is 9.20 Å². The number of Topliss-reactive ketones (excluding diaryl/α,β-unsaturated/α-hetero) is 1. The van der Waals surface area contributed by atoms with Crippen LogP contribution in [0.15, 0.2) is 46.2 Å². The normalized spacial score (nSPS) is 16.1. The average Bonchev–Trinajstić information content (AvgIpc) is 3.34. The lowest BCUT2D eigenvalue weighted by Crippen LogP contribution is -2.69. The molecule has 0 heterocycles. The summed E-state index contributed by atoms with van der Waals surface area (Å²) < 4.78 is 59.6. The number of aliphatic hydroxyl groups excluding tert-OH is 2. The Hall–Kier alpha value is -1.11. The van der Waals surface area contributed by atoms with Crippen molar-refractivity contribution >= 4 is 89.1 Å². The molecule has 0 saturated carbocycles. The lowest BCUT2D eigenvalue weighted by atomic mass is 10.1. The summed E-state index contributed by atoms with van der Waals surface area (Å²) in [7, 11) is -12.5. The SMILES string of the molecule is CNC(C)COCC(C)NCC(O)COCCC[Si](C)(C)O[Si](C)(C)O[Si](O[SiH](CCCOCC(C)=O)NC(C)COCC(C)N)(O[Si](C)(C)CCCOCC(O)CNc1c(SC)cc(SC)c(N)c1C)c1ccccc1. The van der Waals surface area contributed by atoms with Gasteiger partial charge in [0.15, 0.2) is 22.4 Å². The predicted molar refractivity (Wildman–Crippen MR) is 331 cm³/mol. The molecular formula is C52H104N6O12S2Si5. The van der Waals surface area contributed by atoms with Gasteiger partial charge in [0, 0.05) is 72.1 Å². The van der Waals surface area contributed by atoms with E-state index in [-0.39, 0.29) is 49.8 Å². The van der Waals surface area contributed by atoms with Crippen molar-refractivity contribution in [2.24, 2.45) is 5.73 Å². The van der Waals surface area contributed by atoms with Gasteiger partial charge in [-0.05, 0) is 149 Å². The fourth-order valence-corrected chi connectivity index (χ4v) is 31.4. The highest BCUT2D eigenvalue weighted by atomic mass is 32.2. The van der Waals surface area contributed by atoms with Crippen LogP contribution in [-0.2, 0) is 44.9 Å². The Morgan fingerprint density at radius 3 is 1.86 bits per heavy atom. The van der Waals surface area contributed by atoms with Gasteiger partial charge in [0.05, 0.1) is 63.2 Å². The minimum Gasteiger partial charge on any atom is -0.436 e. The number of anilines is 2. The Morgan fingerprint density at radius 1 is 0.714 bits per heavy atom. The second-order valence-electron chi connectivity index (χ2n) is 22.0. The Labute approximate surface area is 479 Å². The molecule has 2 rings (SSSR count). The first-order chi connectivity index (χ1) is 36.3. The maximum absolute atomic E-state index is 11.8. The van der Waals surface area contributed by atoms with Gasteiger partial charge < -0.3 is 82.8 Å². The smallest absolute Gasteiger partial charge is 0.436 e. The van der Waals surface area contributed by atoms with Crippen LogP contribution < -0.4 is 37.6 Å². The average molecular weight is 1210 g/mol. The summed E-state index contributed by atoms with van der Waals surface area (Å²) in [6, 6.07) is 14.6. The second kappa shape index (κ2) is 37.9. The first-order valence-corrected chi connectivity index (χ1v) is 42.6. The fraction of sp³-hybridized carbons (Fsp3) is 0.750. The van der Waals surface area contributed by atoms with Gasteiger partial charge >= 0.3 is 17.4 Å². The molecule has 25 heteroatoms. The molecule has 0 saturated heterocycles. The third-order valence-electron chi connectivity index (χ3n) is 12.2. The number of nitrogen functional groups attached to an aromatic ring is 1. The summed E-state index contributed by atoms with van der Waals surface area (Å²) in [4.78, 5) is 17.7. The van der Waals surface area contributed by atoms with E-state index in [1.165, 1.54) is 6.92 Å². The van der Waals surface area contributed by atoms with E-state index in [4.69, 9.17) is 51.6 Å². The molecule has 446 valence electrons. The maximum Gasteiger partial charge on any atom is 0.508 e. The lowest BCUT2D eigenvalue weighted by Gasteiger charge is -2.44. The number of ketones is 1. The molecule has 0 aliphatic heterocycles. The van der Waals surface area contributed by atoms with Crippen LogP contribution in [0, 0.1) is 6.92 Å². The van der Waals surface area contributed by atoms with Crippen molar-refractivity contribution in [2.45, 2.75) is 164 Å². The topological polar surface area (TPSA) is 241 Å². The summed E-state index contributed by atoms with van der Waals surface area (Å²) >= 11 is 3.27. The number of thioether (sulfide) groups is 2. The van der Waals surface area contributed by atoms with E-state index in [1.807, 2.05) is 58.5 Å². The molecule has 8 atom stereocenters. The van der Waals surface area contributed by atoms with Crippen LogP contribution in [0.5, 0.6) is 0 Å². The number of rotatable bonds is 46. The first kappa shape index (κ1) is 72.0. The van der Waals surface area contributed by atoms with Crippen molar-refractivity contribution in [1.82, 2.24) is 15.6 Å². The van der Waals surface area contributed by atoms with E-state index in [2.05, 4.69) is 92.3 Å². The zero-order chi connectivity index (χ0) is 57.7. The molecule has 0 aliphatic carbocycles. The predicted octanol–water partition coefficient (Wildman–Crippen LogP) is 6.15. The van der Waals surface area contributed by atoms with E-state index in [0.717, 1.165) is 50.4 Å². The fourth-order valence-electron chi connectivity index (χ4n) is 8.32. The Bertz CT molecular complexity index is 1930. The third kappa shape index (κ3) is 30.7. The molecule has 8 unspecified atom stereocenters. The minimum atomic E-state index is -3.85. The summed E-state index contributed by atoms with van der Waals surface area (Å²) in [5.41, 5.74) is 15.1. The molecule has 10 N–H and O–H groups in total. The van der Waals surface area contributed by atoms with Gasteiger partial charge in [-0.25, -0.2) is 0 Å². The number of nitrogens with two attached hydrogens (primary N) is 2. The lowest BCUT2D eigenvalue weighted by molar-refractivity contribution is -0.121. The van der Waals surface area contributed by atoms with Crippen LogP contribution in [-0.4, -0.2) is 194 Å². The van der Waals surface area contributed by atoms with Crippen molar-refractivity contribution in [1.29, 1.82) is 0 Å². The summed E-state index contributed by atoms with van der Waals surface area (Å²) in [5, 5.41) is 32.5. The van der Waals surface area contributed by atoms with E-state index in [0.29, 0.717) is 78.2 Å². The monoisotopic (exact) mass is 1210 g/mol. The number of hydrogen-bond acceptors (Lipinski definition) is 20. The van der Waals surface area contributed by atoms with Gasteiger partial charge in [-0.1, -0.05) is 30.3 Å². The largest absolute Gasteiger partial charge is 0.508 e. The van der Waals surface area contributed by atoms with Crippen molar-refractivity contribution in [3.8, 4) is 0 Å². The van der Waals surface area contributed by atoms with Crippen molar-refractivity contribution in [3.63, 3.8) is 0 Å². The quantitative estimate of drug-likeness (QED) is 0.0160. The molecule has 0 bridgehead atoms. The molecule has 2 aromatic rings. The molecule has 0 radical (unpaired) electrons. The van der Waals surface area contributed by atoms with E-state index in [9.17, 15) is 15.0 Å². The van der Waals surface area contributed by atoms with Crippen LogP contribution in [0.1, 0.15) is 59.4 Å². The van der Waals surface area contributed by atoms with Crippen LogP contribution in [0.4, 0.5) is 11.4 Å². The highest BCUT2D eigenvalue weighted by Gasteiger charge is 2.54. The number of aliphatic hydroxyl groups is 2. The van der Waals surface area contributed by atoms with Crippen LogP contribution in [0.3, 0.4) is 0 Å². The zero-order valence-corrected chi connectivity index (χ0v) is 56.5. The standard InChI is InChI=1S/C52H104N6O12S2Si5/c1-40(53)33-65-36-43(4)58-73(27-19-24-62-37-44(5)59)67-77(48-22-17-16-18-23-48,69-75(12,13)29-21-26-64-39-47(61)32-57-52-45(6)51(54)49(71-8)30-50(52)72-9)70-76(14,15)68-74(10,11)28-20-25-63-38-46(60)31-56-42(3)35-66-34-41(2)55-7/h16-18,22-23,30,40-43,46-47,55-58,60-61,73H,19-21,24-29,31-39,53-54H2,1-15H3. The van der Waals surface area contributed by atoms with Crippen LogP contribution in [0.2, 0.25) is 57.4 Å². The Morgan fingerprint density at radius 2 is 1.27 bits per heavy atom. The maximum atomic E-state index is 11.8. The Balaban J connectivity index is 2.32. The molecular weight excluding hydrogens is 1110 g/mol. The third-order valence-corrected chi connectivity index (χ3v) is 32.7. The van der Waals surface area contributed by atoms with Crippen LogP contribution in [0.25, 0.3) is 0 Å². The summed E-state index contributed by atoms with van der Waals surface area (Å²) in [6.07, 6.45) is 4.83. The zero-order valence-electron chi connectivity index (χ0n) is 49.7. The minimum absolute atomic E-state index is 0.0225. The summed E-state index contributed by atoms with van der Waals surface area (Å²) in [5.74, 6) is -0.0225. The van der Waals surface area contributed by atoms with Gasteiger partial charge in [0.1, 0.15) is 6.61 Å². The number of carbonyl (C=O) groups excluding carboxylic acids is 1. The molecule has 77 heavy (non-hydrogen) atoms. The Kier molecular flexibility index (Phi) is 35.4. The summed E-state index contributed by atoms with van der Waals surface area (Å²) in [6.45, 7) is 29.3.